The molecular weight excluding hydrogens is 178 g/mol. The van der Waals surface area contributed by atoms with Crippen LogP contribution in [0.4, 0.5) is 8.78 Å². The minimum absolute atomic E-state index is 0.132. The average molecular weight is 186 g/mol. The van der Waals surface area contributed by atoms with Crippen molar-refractivity contribution in [1.82, 2.24) is 9.84 Å². The molecule has 0 atom stereocenters. The summed E-state index contributed by atoms with van der Waals surface area (Å²) >= 11 is 0. The molecule has 0 aromatic heterocycles. The third kappa shape index (κ3) is 1.66. The van der Waals surface area contributed by atoms with Gasteiger partial charge in [-0.15, -0.1) is 4.41 Å². The molecule has 4 nitrogen and oxygen atoms in total. The molecule has 0 saturated carbocycles. The fraction of sp³-hybridized carbons (Fsp3) is 1.00. The zero-order chi connectivity index (χ0) is 8.48. The van der Waals surface area contributed by atoms with Gasteiger partial charge < -0.3 is 0 Å². The van der Waals surface area contributed by atoms with Crippen molar-refractivity contribution in [2.24, 2.45) is 0 Å². The van der Waals surface area contributed by atoms with Crippen molar-refractivity contribution in [2.75, 3.05) is 13.1 Å². The van der Waals surface area contributed by atoms with Crippen LogP contribution in [0.5, 0.6) is 0 Å². The Hall–Kier alpha value is -0.270. The van der Waals surface area contributed by atoms with E-state index in [1.807, 2.05) is 0 Å². The summed E-state index contributed by atoms with van der Waals surface area (Å²) in [5.41, 5.74) is 2.34. The molecule has 1 saturated heterocycles. The van der Waals surface area contributed by atoms with Crippen LogP contribution in [0.2, 0.25) is 0 Å². The van der Waals surface area contributed by atoms with E-state index in [-0.39, 0.29) is 6.54 Å². The Bertz CT molecular complexity index is 222. The lowest BCUT2D eigenvalue weighted by atomic mass is 10.5. The van der Waals surface area contributed by atoms with E-state index >= 15 is 0 Å². The predicted octanol–water partition coefficient (Wildman–Crippen LogP) is -0.251. The number of nitrogens with zero attached hydrogens (tertiary/aromatic N) is 1. The molecular formula is C4H8F2N2O2S. The summed E-state index contributed by atoms with van der Waals surface area (Å²) in [6.45, 7) is 0.568. The van der Waals surface area contributed by atoms with E-state index in [2.05, 4.69) is 5.43 Å². The lowest BCUT2D eigenvalue weighted by Crippen LogP contribution is -2.40. The zero-order valence-electron chi connectivity index (χ0n) is 5.63. The van der Waals surface area contributed by atoms with Gasteiger partial charge in [-0.3, -0.25) is 0 Å². The second-order valence-corrected chi connectivity index (χ2v) is 3.97. The van der Waals surface area contributed by atoms with Crippen LogP contribution in [-0.2, 0) is 10.0 Å². The molecule has 1 aliphatic heterocycles. The number of hydrogen-bond donors (Lipinski definition) is 1. The molecule has 0 radical (unpaired) electrons. The quantitative estimate of drug-likeness (QED) is 0.647. The summed E-state index contributed by atoms with van der Waals surface area (Å²) in [6.07, 6.45) is 0.575. The van der Waals surface area contributed by atoms with E-state index in [1.165, 1.54) is 0 Å². The Morgan fingerprint density at radius 1 is 1.45 bits per heavy atom. The molecule has 1 N–H and O–H groups in total. The van der Waals surface area contributed by atoms with Gasteiger partial charge in [0.15, 0.2) is 0 Å². The highest BCUT2D eigenvalue weighted by Crippen LogP contribution is 2.12. The topological polar surface area (TPSA) is 49.4 Å². The molecule has 0 bridgehead atoms. The van der Waals surface area contributed by atoms with E-state index < -0.39 is 15.8 Å². The van der Waals surface area contributed by atoms with E-state index in [0.717, 1.165) is 0 Å². The molecule has 11 heavy (non-hydrogen) atoms. The molecule has 0 aromatic rings. The lowest BCUT2D eigenvalue weighted by molar-refractivity contribution is 0.216. The van der Waals surface area contributed by atoms with Crippen LogP contribution in [0.15, 0.2) is 0 Å². The summed E-state index contributed by atoms with van der Waals surface area (Å²) in [5, 5.41) is 0. The maximum absolute atomic E-state index is 11.8. The second kappa shape index (κ2) is 3.00. The van der Waals surface area contributed by atoms with Crippen molar-refractivity contribution in [3.05, 3.63) is 0 Å². The Kier molecular flexibility index (Phi) is 2.40. The van der Waals surface area contributed by atoms with E-state index in [0.29, 0.717) is 17.4 Å². The minimum atomic E-state index is -4.39. The van der Waals surface area contributed by atoms with Crippen molar-refractivity contribution in [3.63, 3.8) is 0 Å². The first-order chi connectivity index (χ1) is 5.05. The summed E-state index contributed by atoms with van der Waals surface area (Å²) in [7, 11) is -4.39. The Morgan fingerprint density at radius 3 is 2.45 bits per heavy atom. The molecule has 1 fully saturated rings. The standard InChI is InChI=1S/C4H8F2N2O2S/c5-4(6)11(9,10)8-3-1-2-7-8/h4,7H,1-3H2. The number of halogens is 2. The van der Waals surface area contributed by atoms with Gasteiger partial charge in [0.2, 0.25) is 0 Å². The maximum atomic E-state index is 11.8. The van der Waals surface area contributed by atoms with E-state index in [1.54, 1.807) is 0 Å². The fourth-order valence-electron chi connectivity index (χ4n) is 0.819. The first-order valence-electron chi connectivity index (χ1n) is 3.08. The molecule has 0 aliphatic carbocycles. The van der Waals surface area contributed by atoms with Gasteiger partial charge in [0, 0.05) is 13.1 Å². The largest absolute Gasteiger partial charge is 0.351 e. The van der Waals surface area contributed by atoms with Crippen LogP contribution < -0.4 is 5.43 Å². The Morgan fingerprint density at radius 2 is 2.09 bits per heavy atom. The lowest BCUT2D eigenvalue weighted by Gasteiger charge is -2.13. The highest BCUT2D eigenvalue weighted by atomic mass is 32.2. The predicted molar refractivity (Wildman–Crippen MR) is 34.2 cm³/mol. The second-order valence-electron chi connectivity index (χ2n) is 2.14. The van der Waals surface area contributed by atoms with Crippen LogP contribution in [0, 0.1) is 0 Å². The number of nitrogens with one attached hydrogen (secondary N) is 1. The Balaban J connectivity index is 2.72. The van der Waals surface area contributed by atoms with Crippen LogP contribution in [0.3, 0.4) is 0 Å². The molecule has 0 amide bonds. The number of hydrogen-bond acceptors (Lipinski definition) is 3. The highest BCUT2D eigenvalue weighted by Gasteiger charge is 2.33. The summed E-state index contributed by atoms with van der Waals surface area (Å²) in [5.74, 6) is -3.33. The molecule has 66 valence electrons. The normalized spacial score (nSPS) is 21.4. The molecule has 1 aliphatic rings. The molecule has 1 heterocycles. The van der Waals surface area contributed by atoms with Crippen molar-refractivity contribution in [3.8, 4) is 0 Å². The molecule has 0 unspecified atom stereocenters. The highest BCUT2D eigenvalue weighted by molar-refractivity contribution is 7.89. The molecule has 1 rings (SSSR count). The third-order valence-electron chi connectivity index (χ3n) is 1.36. The minimum Gasteiger partial charge on any atom is -0.241 e. The first-order valence-corrected chi connectivity index (χ1v) is 4.58. The molecule has 0 spiro atoms. The van der Waals surface area contributed by atoms with Crippen molar-refractivity contribution < 1.29 is 17.2 Å². The number of alkyl halides is 2. The maximum Gasteiger partial charge on any atom is 0.351 e. The van der Waals surface area contributed by atoms with Crippen LogP contribution in [-0.4, -0.2) is 31.7 Å². The number of rotatable bonds is 2. The third-order valence-corrected chi connectivity index (χ3v) is 2.73. The number of hydrazine groups is 1. The number of sulfonamides is 1. The van der Waals surface area contributed by atoms with Gasteiger partial charge in [0.1, 0.15) is 0 Å². The van der Waals surface area contributed by atoms with Gasteiger partial charge in [-0.05, 0) is 6.42 Å². The van der Waals surface area contributed by atoms with Gasteiger partial charge in [-0.1, -0.05) is 0 Å². The summed E-state index contributed by atoms with van der Waals surface area (Å²) in [6, 6.07) is 0. The fourth-order valence-corrected chi connectivity index (χ4v) is 1.67. The smallest absolute Gasteiger partial charge is 0.241 e. The summed E-state index contributed by atoms with van der Waals surface area (Å²) < 4.78 is 45.5. The summed E-state index contributed by atoms with van der Waals surface area (Å²) in [4.78, 5) is 0. The average Bonchev–Trinajstić information content (AvgIpc) is 2.37. The van der Waals surface area contributed by atoms with Crippen molar-refractivity contribution >= 4 is 10.0 Å². The van der Waals surface area contributed by atoms with Crippen molar-refractivity contribution in [1.29, 1.82) is 0 Å². The monoisotopic (exact) mass is 186 g/mol. The van der Waals surface area contributed by atoms with Crippen LogP contribution in [0.25, 0.3) is 0 Å². The SMILES string of the molecule is O=S(=O)(C(F)F)N1CCCN1. The van der Waals surface area contributed by atoms with Gasteiger partial charge in [0.25, 0.3) is 10.0 Å². The Labute approximate surface area is 63.2 Å². The van der Waals surface area contributed by atoms with Gasteiger partial charge >= 0.3 is 5.76 Å². The van der Waals surface area contributed by atoms with Crippen LogP contribution in [0.1, 0.15) is 6.42 Å². The van der Waals surface area contributed by atoms with Gasteiger partial charge in [-0.2, -0.15) is 8.78 Å². The van der Waals surface area contributed by atoms with Gasteiger partial charge in [0.05, 0.1) is 0 Å². The van der Waals surface area contributed by atoms with E-state index in [4.69, 9.17) is 0 Å². The van der Waals surface area contributed by atoms with Gasteiger partial charge in [-0.25, -0.2) is 13.8 Å². The molecule has 0 aromatic carbocycles. The zero-order valence-corrected chi connectivity index (χ0v) is 6.44. The molecule has 7 heteroatoms. The first kappa shape index (κ1) is 8.82. The van der Waals surface area contributed by atoms with Crippen LogP contribution >= 0.6 is 0 Å². The van der Waals surface area contributed by atoms with E-state index in [9.17, 15) is 17.2 Å². The van der Waals surface area contributed by atoms with Crippen molar-refractivity contribution in [2.45, 2.75) is 12.2 Å².